The second-order valence-electron chi connectivity index (χ2n) is 6.55. The first-order chi connectivity index (χ1) is 12.2. The van der Waals surface area contributed by atoms with Gasteiger partial charge in [-0.2, -0.15) is 0 Å². The van der Waals surface area contributed by atoms with Crippen LogP contribution in [0.15, 0.2) is 43.0 Å². The third kappa shape index (κ3) is 3.25. The predicted octanol–water partition coefficient (Wildman–Crippen LogP) is 2.57. The molecule has 3 aromatic rings. The molecule has 0 bridgehead atoms. The fourth-order valence-electron chi connectivity index (χ4n) is 3.31. The normalized spacial score (nSPS) is 17.6. The third-order valence-electron chi connectivity index (χ3n) is 4.75. The van der Waals surface area contributed by atoms with E-state index >= 15 is 0 Å². The number of carbonyl (C=O) groups is 1. The summed E-state index contributed by atoms with van der Waals surface area (Å²) in [6, 6.07) is 8.14. The smallest absolute Gasteiger partial charge is 0.229 e. The number of hydrogen-bond acceptors (Lipinski definition) is 4. The maximum atomic E-state index is 12.4. The van der Waals surface area contributed by atoms with E-state index in [1.807, 2.05) is 29.9 Å². The van der Waals surface area contributed by atoms with Gasteiger partial charge in [0.1, 0.15) is 5.82 Å². The lowest BCUT2D eigenvalue weighted by Crippen LogP contribution is -2.37. The van der Waals surface area contributed by atoms with Crippen LogP contribution in [0.4, 0.5) is 5.82 Å². The molecule has 0 radical (unpaired) electrons. The number of aromatic nitrogens is 3. The van der Waals surface area contributed by atoms with E-state index < -0.39 is 0 Å². The minimum absolute atomic E-state index is 0.0204. The van der Waals surface area contributed by atoms with E-state index in [4.69, 9.17) is 0 Å². The number of nitrogens with zero attached hydrogens (tertiary/aromatic N) is 3. The lowest BCUT2D eigenvalue weighted by atomic mass is 9.99. The summed E-state index contributed by atoms with van der Waals surface area (Å²) in [5, 5.41) is 8.32. The predicted molar refractivity (Wildman–Crippen MR) is 98.2 cm³/mol. The average Bonchev–Trinajstić information content (AvgIpc) is 3.08. The topological polar surface area (TPSA) is 71.8 Å². The van der Waals surface area contributed by atoms with E-state index in [9.17, 15) is 4.79 Å². The van der Waals surface area contributed by atoms with Gasteiger partial charge in [-0.15, -0.1) is 0 Å². The lowest BCUT2D eigenvalue weighted by Gasteiger charge is -2.21. The molecular weight excluding hydrogens is 314 g/mol. The van der Waals surface area contributed by atoms with Gasteiger partial charge < -0.3 is 15.2 Å². The van der Waals surface area contributed by atoms with Crippen LogP contribution in [0.3, 0.4) is 0 Å². The van der Waals surface area contributed by atoms with Crippen molar-refractivity contribution in [3.05, 3.63) is 43.0 Å². The van der Waals surface area contributed by atoms with Crippen molar-refractivity contribution < 1.29 is 4.79 Å². The van der Waals surface area contributed by atoms with E-state index in [1.54, 1.807) is 12.5 Å². The molecule has 4 rings (SSSR count). The first-order valence-electron chi connectivity index (χ1n) is 8.59. The molecule has 0 aliphatic carbocycles. The van der Waals surface area contributed by atoms with Gasteiger partial charge in [0.2, 0.25) is 5.91 Å². The maximum absolute atomic E-state index is 12.4. The van der Waals surface area contributed by atoms with Crippen LogP contribution in [0.5, 0.6) is 0 Å². The Bertz CT molecular complexity index is 911. The Kier molecular flexibility index (Phi) is 4.19. The third-order valence-corrected chi connectivity index (χ3v) is 4.75. The number of carbonyl (C=O) groups excluding carboxylic acids is 1. The standard InChI is InChI=1S/C19H21N5O/c1-24-12-21-11-17(24)13-4-5-14-10-22-18(8-16(14)7-13)23-19(25)15-3-2-6-20-9-15/h4-5,7-8,10-12,15,20H,2-3,6,9H2,1H3,(H,22,23,25). The largest absolute Gasteiger partial charge is 0.334 e. The number of rotatable bonds is 3. The quantitative estimate of drug-likeness (QED) is 0.772. The van der Waals surface area contributed by atoms with E-state index in [0.717, 1.165) is 48.0 Å². The molecule has 2 N–H and O–H groups in total. The van der Waals surface area contributed by atoms with E-state index in [-0.39, 0.29) is 11.8 Å². The van der Waals surface area contributed by atoms with Crippen LogP contribution in [-0.4, -0.2) is 33.5 Å². The van der Waals surface area contributed by atoms with Crippen LogP contribution >= 0.6 is 0 Å². The van der Waals surface area contributed by atoms with Crippen LogP contribution < -0.4 is 10.6 Å². The molecule has 1 unspecified atom stereocenters. The van der Waals surface area contributed by atoms with Crippen LogP contribution in [0.1, 0.15) is 12.8 Å². The fraction of sp³-hybridized carbons (Fsp3) is 0.316. The molecule has 1 atom stereocenters. The summed E-state index contributed by atoms with van der Waals surface area (Å²) >= 11 is 0. The first-order valence-corrected chi connectivity index (χ1v) is 8.59. The number of fused-ring (bicyclic) bond motifs is 1. The molecule has 0 saturated carbocycles. The summed E-state index contributed by atoms with van der Waals surface area (Å²) in [6.45, 7) is 1.73. The van der Waals surface area contributed by atoms with Crippen LogP contribution in [0.2, 0.25) is 0 Å². The minimum Gasteiger partial charge on any atom is -0.334 e. The highest BCUT2D eigenvalue weighted by Crippen LogP contribution is 2.25. The molecule has 1 amide bonds. The Balaban J connectivity index is 1.60. The molecule has 1 saturated heterocycles. The molecular formula is C19H21N5O. The molecule has 1 aliphatic heterocycles. The van der Waals surface area contributed by atoms with Gasteiger partial charge >= 0.3 is 0 Å². The van der Waals surface area contributed by atoms with Gasteiger partial charge in [0.15, 0.2) is 0 Å². The van der Waals surface area contributed by atoms with Crippen LogP contribution in [0.25, 0.3) is 22.0 Å². The summed E-state index contributed by atoms with van der Waals surface area (Å²) in [5.41, 5.74) is 2.14. The van der Waals surface area contributed by atoms with Crippen molar-refractivity contribution in [3.8, 4) is 11.3 Å². The zero-order valence-corrected chi connectivity index (χ0v) is 14.2. The molecule has 25 heavy (non-hydrogen) atoms. The molecule has 2 aromatic heterocycles. The number of benzene rings is 1. The van der Waals surface area contributed by atoms with E-state index in [0.29, 0.717) is 5.82 Å². The van der Waals surface area contributed by atoms with Crippen molar-refractivity contribution in [2.24, 2.45) is 13.0 Å². The van der Waals surface area contributed by atoms with Gasteiger partial charge in [-0.1, -0.05) is 12.1 Å². The maximum Gasteiger partial charge on any atom is 0.229 e. The summed E-state index contributed by atoms with van der Waals surface area (Å²) in [7, 11) is 1.98. The van der Waals surface area contributed by atoms with Crippen LogP contribution in [-0.2, 0) is 11.8 Å². The molecule has 6 heteroatoms. The number of amides is 1. The van der Waals surface area contributed by atoms with Gasteiger partial charge in [0, 0.05) is 30.7 Å². The number of imidazole rings is 1. The Morgan fingerprint density at radius 1 is 1.28 bits per heavy atom. The number of hydrogen-bond donors (Lipinski definition) is 2. The van der Waals surface area contributed by atoms with Crippen molar-refractivity contribution in [2.45, 2.75) is 12.8 Å². The lowest BCUT2D eigenvalue weighted by molar-refractivity contribution is -0.120. The van der Waals surface area contributed by atoms with Crippen molar-refractivity contribution >= 4 is 22.5 Å². The Morgan fingerprint density at radius 3 is 2.96 bits per heavy atom. The number of pyridine rings is 1. The molecule has 0 spiro atoms. The van der Waals surface area contributed by atoms with Crippen molar-refractivity contribution in [1.29, 1.82) is 0 Å². The van der Waals surface area contributed by atoms with Crippen LogP contribution in [0, 0.1) is 5.92 Å². The van der Waals surface area contributed by atoms with Gasteiger partial charge in [0.25, 0.3) is 0 Å². The average molecular weight is 335 g/mol. The highest BCUT2D eigenvalue weighted by Gasteiger charge is 2.21. The van der Waals surface area contributed by atoms with Crippen molar-refractivity contribution in [3.63, 3.8) is 0 Å². The number of anilines is 1. The molecule has 6 nitrogen and oxygen atoms in total. The molecule has 1 fully saturated rings. The highest BCUT2D eigenvalue weighted by molar-refractivity contribution is 5.95. The molecule has 1 aliphatic rings. The summed E-state index contributed by atoms with van der Waals surface area (Å²) < 4.78 is 1.99. The Morgan fingerprint density at radius 2 is 2.20 bits per heavy atom. The van der Waals surface area contributed by atoms with E-state index in [2.05, 4.69) is 32.7 Å². The summed E-state index contributed by atoms with van der Waals surface area (Å²) in [4.78, 5) is 21.0. The SMILES string of the molecule is Cn1cncc1-c1ccc2cnc(NC(=O)C3CCCNC3)cc2c1. The fourth-order valence-corrected chi connectivity index (χ4v) is 3.31. The zero-order valence-electron chi connectivity index (χ0n) is 14.2. The molecule has 128 valence electrons. The molecule has 1 aromatic carbocycles. The van der Waals surface area contributed by atoms with Crippen molar-refractivity contribution in [1.82, 2.24) is 19.9 Å². The minimum atomic E-state index is 0.0204. The first kappa shape index (κ1) is 15.8. The molecule has 3 heterocycles. The van der Waals surface area contributed by atoms with E-state index in [1.165, 1.54) is 0 Å². The second kappa shape index (κ2) is 6.64. The van der Waals surface area contributed by atoms with Gasteiger partial charge in [-0.3, -0.25) is 4.79 Å². The van der Waals surface area contributed by atoms with Gasteiger partial charge in [-0.05, 0) is 36.9 Å². The Hall–Kier alpha value is -2.73. The zero-order chi connectivity index (χ0) is 17.2. The summed E-state index contributed by atoms with van der Waals surface area (Å²) in [5.74, 6) is 0.666. The summed E-state index contributed by atoms with van der Waals surface area (Å²) in [6.07, 6.45) is 7.41. The number of piperidine rings is 1. The number of nitrogens with one attached hydrogen (secondary N) is 2. The highest BCUT2D eigenvalue weighted by atomic mass is 16.2. The number of aryl methyl sites for hydroxylation is 1. The van der Waals surface area contributed by atoms with Crippen molar-refractivity contribution in [2.75, 3.05) is 18.4 Å². The monoisotopic (exact) mass is 335 g/mol. The second-order valence-corrected chi connectivity index (χ2v) is 6.55. The Labute approximate surface area is 146 Å². The van der Waals surface area contributed by atoms with Gasteiger partial charge in [-0.25, -0.2) is 9.97 Å². The van der Waals surface area contributed by atoms with Gasteiger partial charge in [0.05, 0.1) is 24.1 Å².